The molecule has 1 aromatic heterocycles. The summed E-state index contributed by atoms with van der Waals surface area (Å²) in [5.74, 6) is 0.130. The Morgan fingerprint density at radius 3 is 2.73 bits per heavy atom. The molecule has 192 valence electrons. The standard InChI is InChI=1S/C28H30ClN5O3/c29-21-2-1-3-23(15-21)34-26-24(25(31-34)27(36)30-16-18-4-5-18)9-11-33(28(26)37)22-7-6-19-8-10-32(12-13-35)17-20(19)14-22/h1-3,6-7,14-15,18,35H,4-5,8-13,16-17H2,(H,30,36). The van der Waals surface area contributed by atoms with Crippen LogP contribution in [0.1, 0.15) is 50.5 Å². The van der Waals surface area contributed by atoms with Crippen LogP contribution >= 0.6 is 11.6 Å². The van der Waals surface area contributed by atoms with Gasteiger partial charge in [-0.05, 0) is 73.1 Å². The van der Waals surface area contributed by atoms with Crippen LogP contribution < -0.4 is 10.2 Å². The zero-order chi connectivity index (χ0) is 25.5. The van der Waals surface area contributed by atoms with E-state index in [0.717, 1.165) is 38.0 Å². The Morgan fingerprint density at radius 2 is 1.95 bits per heavy atom. The van der Waals surface area contributed by atoms with Gasteiger partial charge in [-0.1, -0.05) is 23.7 Å². The molecule has 0 bridgehead atoms. The SMILES string of the molecule is O=C(NCC1CC1)c1nn(-c2cccc(Cl)c2)c2c1CCN(c1ccc3c(c1)CN(CCO)CC3)C2=O. The van der Waals surface area contributed by atoms with E-state index in [4.69, 9.17) is 11.6 Å². The highest BCUT2D eigenvalue weighted by Crippen LogP contribution is 2.32. The van der Waals surface area contributed by atoms with E-state index in [1.165, 1.54) is 11.1 Å². The molecule has 0 atom stereocenters. The maximum absolute atomic E-state index is 14.0. The van der Waals surface area contributed by atoms with Gasteiger partial charge in [-0.15, -0.1) is 0 Å². The first-order chi connectivity index (χ1) is 18.0. The van der Waals surface area contributed by atoms with E-state index in [0.29, 0.717) is 59.6 Å². The van der Waals surface area contributed by atoms with Crippen molar-refractivity contribution in [3.05, 3.63) is 75.6 Å². The Labute approximate surface area is 220 Å². The maximum Gasteiger partial charge on any atom is 0.277 e. The molecular formula is C28H30ClN5O3. The van der Waals surface area contributed by atoms with Gasteiger partial charge >= 0.3 is 0 Å². The van der Waals surface area contributed by atoms with Crippen molar-refractivity contribution in [2.45, 2.75) is 32.2 Å². The van der Waals surface area contributed by atoms with Gasteiger partial charge < -0.3 is 15.3 Å². The minimum absolute atomic E-state index is 0.131. The quantitative estimate of drug-likeness (QED) is 0.500. The summed E-state index contributed by atoms with van der Waals surface area (Å²) in [4.78, 5) is 31.1. The Bertz CT molecular complexity index is 1370. The predicted octanol–water partition coefficient (Wildman–Crippen LogP) is 3.22. The number of hydrogen-bond acceptors (Lipinski definition) is 5. The summed E-state index contributed by atoms with van der Waals surface area (Å²) in [5.41, 5.74) is 5.34. The van der Waals surface area contributed by atoms with E-state index in [1.54, 1.807) is 21.7 Å². The second-order valence-electron chi connectivity index (χ2n) is 10.1. The van der Waals surface area contributed by atoms with Crippen LogP contribution in [0.2, 0.25) is 5.02 Å². The molecule has 1 fully saturated rings. The molecule has 2 amide bonds. The van der Waals surface area contributed by atoms with Crippen molar-refractivity contribution in [1.29, 1.82) is 0 Å². The molecule has 37 heavy (non-hydrogen) atoms. The smallest absolute Gasteiger partial charge is 0.277 e. The predicted molar refractivity (Wildman–Crippen MR) is 142 cm³/mol. The van der Waals surface area contributed by atoms with Crippen LogP contribution in [0.25, 0.3) is 5.69 Å². The molecule has 0 unspecified atom stereocenters. The molecule has 2 N–H and O–H groups in total. The topological polar surface area (TPSA) is 90.7 Å². The van der Waals surface area contributed by atoms with E-state index in [1.807, 2.05) is 18.2 Å². The number of benzene rings is 2. The van der Waals surface area contributed by atoms with Gasteiger partial charge in [0.1, 0.15) is 5.69 Å². The number of aliphatic hydroxyl groups excluding tert-OH is 1. The fourth-order valence-corrected chi connectivity index (χ4v) is 5.51. The normalized spacial score (nSPS) is 17.5. The maximum atomic E-state index is 14.0. The highest BCUT2D eigenvalue weighted by atomic mass is 35.5. The zero-order valence-corrected chi connectivity index (χ0v) is 21.4. The molecule has 1 aliphatic carbocycles. The third-order valence-corrected chi connectivity index (χ3v) is 7.78. The Kier molecular flexibility index (Phi) is 6.48. The van der Waals surface area contributed by atoms with Gasteiger partial charge in [0.2, 0.25) is 0 Å². The lowest BCUT2D eigenvalue weighted by molar-refractivity contribution is 0.0945. The van der Waals surface area contributed by atoms with Crippen LogP contribution in [0.4, 0.5) is 5.69 Å². The van der Waals surface area contributed by atoms with Crippen molar-refractivity contribution in [3.63, 3.8) is 0 Å². The van der Waals surface area contributed by atoms with Crippen LogP contribution in [0.15, 0.2) is 42.5 Å². The molecule has 3 heterocycles. The number of fused-ring (bicyclic) bond motifs is 2. The molecule has 2 aliphatic heterocycles. The van der Waals surface area contributed by atoms with Crippen LogP contribution in [0.5, 0.6) is 0 Å². The van der Waals surface area contributed by atoms with E-state index in [9.17, 15) is 14.7 Å². The van der Waals surface area contributed by atoms with Crippen LogP contribution in [-0.4, -0.2) is 64.4 Å². The van der Waals surface area contributed by atoms with E-state index >= 15 is 0 Å². The van der Waals surface area contributed by atoms with Gasteiger partial charge in [0, 0.05) is 49.0 Å². The average molecular weight is 520 g/mol. The number of β-amino-alcohol motifs (C(OH)–C–C–N with tert-alkyl or cyclic N) is 1. The van der Waals surface area contributed by atoms with Gasteiger partial charge in [0.25, 0.3) is 11.8 Å². The molecular weight excluding hydrogens is 490 g/mol. The number of aliphatic hydroxyl groups is 1. The van der Waals surface area contributed by atoms with Crippen LogP contribution in [0, 0.1) is 5.92 Å². The lowest BCUT2D eigenvalue weighted by atomic mass is 9.97. The number of carbonyl (C=O) groups is 2. The number of aromatic nitrogens is 2. The highest BCUT2D eigenvalue weighted by Gasteiger charge is 2.36. The fourth-order valence-electron chi connectivity index (χ4n) is 5.33. The van der Waals surface area contributed by atoms with E-state index < -0.39 is 0 Å². The van der Waals surface area contributed by atoms with E-state index in [-0.39, 0.29) is 18.4 Å². The molecule has 2 aromatic carbocycles. The number of nitrogens with one attached hydrogen (secondary N) is 1. The highest BCUT2D eigenvalue weighted by molar-refractivity contribution is 6.30. The number of nitrogens with zero attached hydrogens (tertiary/aromatic N) is 4. The first kappa shape index (κ1) is 24.2. The first-order valence-electron chi connectivity index (χ1n) is 12.9. The van der Waals surface area contributed by atoms with Gasteiger partial charge in [-0.3, -0.25) is 14.5 Å². The van der Waals surface area contributed by atoms with Gasteiger partial charge in [-0.2, -0.15) is 5.10 Å². The second kappa shape index (κ2) is 9.93. The number of anilines is 1. The second-order valence-corrected chi connectivity index (χ2v) is 10.6. The Hall–Kier alpha value is -3.20. The third-order valence-electron chi connectivity index (χ3n) is 7.54. The lowest BCUT2D eigenvalue weighted by Gasteiger charge is -2.31. The summed E-state index contributed by atoms with van der Waals surface area (Å²) in [6, 6.07) is 13.4. The van der Waals surface area contributed by atoms with E-state index in [2.05, 4.69) is 27.4 Å². The molecule has 3 aliphatic rings. The number of hydrogen-bond donors (Lipinski definition) is 2. The summed E-state index contributed by atoms with van der Waals surface area (Å²) in [6.07, 6.45) is 3.73. The van der Waals surface area contributed by atoms with Crippen molar-refractivity contribution in [3.8, 4) is 5.69 Å². The number of carbonyl (C=O) groups excluding carboxylic acids is 2. The minimum atomic E-state index is -0.233. The molecule has 0 saturated heterocycles. The first-order valence-corrected chi connectivity index (χ1v) is 13.3. The van der Waals surface area contributed by atoms with Crippen molar-refractivity contribution in [1.82, 2.24) is 20.0 Å². The molecule has 3 aromatic rings. The van der Waals surface area contributed by atoms with Crippen molar-refractivity contribution >= 4 is 29.1 Å². The molecule has 0 radical (unpaired) electrons. The number of rotatable bonds is 7. The molecule has 6 rings (SSSR count). The minimum Gasteiger partial charge on any atom is -0.395 e. The zero-order valence-electron chi connectivity index (χ0n) is 20.6. The third kappa shape index (κ3) is 4.77. The summed E-state index contributed by atoms with van der Waals surface area (Å²) in [5, 5.41) is 17.5. The fraction of sp³-hybridized carbons (Fsp3) is 0.393. The van der Waals surface area contributed by atoms with Crippen molar-refractivity contribution < 1.29 is 14.7 Å². The van der Waals surface area contributed by atoms with Gasteiger partial charge in [0.05, 0.1) is 12.3 Å². The summed E-state index contributed by atoms with van der Waals surface area (Å²) in [7, 11) is 0. The average Bonchev–Trinajstić information content (AvgIpc) is 3.65. The molecule has 0 spiro atoms. The Morgan fingerprint density at radius 1 is 1.08 bits per heavy atom. The summed E-state index contributed by atoms with van der Waals surface area (Å²) < 4.78 is 1.57. The Balaban J connectivity index is 1.36. The van der Waals surface area contributed by atoms with Crippen molar-refractivity contribution in [2.24, 2.45) is 5.92 Å². The van der Waals surface area contributed by atoms with Crippen molar-refractivity contribution in [2.75, 3.05) is 37.7 Å². The molecule has 1 saturated carbocycles. The van der Waals surface area contributed by atoms with Gasteiger partial charge in [0.15, 0.2) is 5.69 Å². The molecule has 9 heteroatoms. The van der Waals surface area contributed by atoms with Gasteiger partial charge in [-0.25, -0.2) is 4.68 Å². The number of halogens is 1. The lowest BCUT2D eigenvalue weighted by Crippen LogP contribution is -2.39. The monoisotopic (exact) mass is 519 g/mol. The number of amides is 2. The molecule has 8 nitrogen and oxygen atoms in total. The summed E-state index contributed by atoms with van der Waals surface area (Å²) in [6.45, 7) is 3.55. The van der Waals surface area contributed by atoms with Crippen LogP contribution in [-0.2, 0) is 19.4 Å². The largest absolute Gasteiger partial charge is 0.395 e. The summed E-state index contributed by atoms with van der Waals surface area (Å²) >= 11 is 6.27. The van der Waals surface area contributed by atoms with Crippen LogP contribution in [0.3, 0.4) is 0 Å².